The van der Waals surface area contributed by atoms with Crippen LogP contribution in [-0.2, 0) is 19.0 Å². The number of nitrogens with zero attached hydrogens (tertiary/aromatic N) is 3. The van der Waals surface area contributed by atoms with Crippen LogP contribution >= 0.6 is 0 Å². The zero-order valence-electron chi connectivity index (χ0n) is 30.2. The quantitative estimate of drug-likeness (QED) is 0.275. The predicted molar refractivity (Wildman–Crippen MR) is 190 cm³/mol. The van der Waals surface area contributed by atoms with Crippen molar-refractivity contribution in [1.29, 1.82) is 0 Å². The third-order valence-electron chi connectivity index (χ3n) is 10.7. The summed E-state index contributed by atoms with van der Waals surface area (Å²) in [5.74, 6) is -1.16. The van der Waals surface area contributed by atoms with Crippen molar-refractivity contribution in [2.24, 2.45) is 11.8 Å². The van der Waals surface area contributed by atoms with E-state index in [-0.39, 0.29) is 42.4 Å². The van der Waals surface area contributed by atoms with Gasteiger partial charge < -0.3 is 34.0 Å². The van der Waals surface area contributed by atoms with Gasteiger partial charge in [0.1, 0.15) is 18.0 Å². The van der Waals surface area contributed by atoms with E-state index in [9.17, 15) is 19.1 Å². The molecule has 1 aromatic rings. The van der Waals surface area contributed by atoms with E-state index in [1.165, 1.54) is 25.3 Å². The van der Waals surface area contributed by atoms with Crippen molar-refractivity contribution in [3.8, 4) is 0 Å². The molecule has 10 heteroatoms. The van der Waals surface area contributed by atoms with Crippen LogP contribution in [0.2, 0.25) is 0 Å². The number of morpholine rings is 1. The number of aliphatic hydroxyl groups excluding tert-OH is 1. The fourth-order valence-electron chi connectivity index (χ4n) is 7.93. The van der Waals surface area contributed by atoms with Gasteiger partial charge in [0.05, 0.1) is 24.7 Å². The van der Waals surface area contributed by atoms with E-state index in [1.807, 2.05) is 63.8 Å². The Kier molecular flexibility index (Phi) is 13.2. The van der Waals surface area contributed by atoms with Crippen LogP contribution in [0.1, 0.15) is 91.5 Å². The Bertz CT molecular complexity index is 1310. The lowest BCUT2D eigenvalue weighted by Crippen LogP contribution is -2.48. The van der Waals surface area contributed by atoms with Crippen molar-refractivity contribution >= 4 is 23.8 Å². The summed E-state index contributed by atoms with van der Waals surface area (Å²) in [6, 6.07) is 5.51. The molecule has 0 unspecified atom stereocenters. The highest BCUT2D eigenvalue weighted by molar-refractivity contribution is 5.71. The van der Waals surface area contributed by atoms with E-state index in [0.717, 1.165) is 37.2 Å². The molecule has 0 saturated carbocycles. The zero-order chi connectivity index (χ0) is 35.1. The topological polar surface area (TPSA) is 91.8 Å². The molecule has 4 aliphatic heterocycles. The Morgan fingerprint density at radius 1 is 0.939 bits per heavy atom. The molecule has 3 fully saturated rings. The highest BCUT2D eigenvalue weighted by atomic mass is 19.1. The van der Waals surface area contributed by atoms with Crippen LogP contribution in [0.15, 0.2) is 35.9 Å². The van der Waals surface area contributed by atoms with Gasteiger partial charge in [-0.15, -0.1) is 0 Å². The molecular weight excluding hydrogens is 625 g/mol. The SMILES string of the molecule is C/C(=C\c1cc(F)cc(N2C[C@@H](C)O[C@@H](C)C2)c1)[C@H]1OC(=O)C[C@H](O)CC[C@H](C)[C@@H](OC(=O)N2CCC(N3CCCCC3)CC2)/C=C/[C@@H]1C. The summed E-state index contributed by atoms with van der Waals surface area (Å²) < 4.78 is 32.9. The van der Waals surface area contributed by atoms with Crippen LogP contribution in [0.3, 0.4) is 0 Å². The normalized spacial score (nSPS) is 32.5. The molecule has 0 spiro atoms. The van der Waals surface area contributed by atoms with Gasteiger partial charge in [-0.05, 0) is 114 Å². The van der Waals surface area contributed by atoms with Gasteiger partial charge in [0, 0.05) is 43.8 Å². The molecule has 1 aromatic carbocycles. The number of piperidine rings is 2. The Morgan fingerprint density at radius 2 is 1.63 bits per heavy atom. The molecule has 4 aliphatic rings. The summed E-state index contributed by atoms with van der Waals surface area (Å²) in [6.45, 7) is 14.9. The maximum Gasteiger partial charge on any atom is 0.410 e. The van der Waals surface area contributed by atoms with Gasteiger partial charge in [-0.3, -0.25) is 4.79 Å². The number of hydrogen-bond acceptors (Lipinski definition) is 8. The number of halogens is 1. The highest BCUT2D eigenvalue weighted by Crippen LogP contribution is 2.29. The first kappa shape index (κ1) is 37.3. The molecular formula is C39H58FN3O6. The smallest absolute Gasteiger partial charge is 0.410 e. The molecule has 4 heterocycles. The van der Waals surface area contributed by atoms with Crippen molar-refractivity contribution in [3.63, 3.8) is 0 Å². The summed E-state index contributed by atoms with van der Waals surface area (Å²) in [4.78, 5) is 33.0. The largest absolute Gasteiger partial charge is 0.457 e. The second-order valence-electron chi connectivity index (χ2n) is 15.0. The van der Waals surface area contributed by atoms with Gasteiger partial charge in [-0.25, -0.2) is 9.18 Å². The lowest BCUT2D eigenvalue weighted by Gasteiger charge is -2.40. The Morgan fingerprint density at radius 3 is 2.33 bits per heavy atom. The fraction of sp³-hybridized carbons (Fsp3) is 0.692. The van der Waals surface area contributed by atoms with Gasteiger partial charge in [0.25, 0.3) is 0 Å². The number of carbonyl (C=O) groups is 2. The molecule has 5 rings (SSSR count). The number of amides is 1. The number of esters is 1. The second-order valence-corrected chi connectivity index (χ2v) is 15.0. The van der Waals surface area contributed by atoms with Crippen LogP contribution in [0.5, 0.6) is 0 Å². The van der Waals surface area contributed by atoms with Crippen LogP contribution in [-0.4, -0.2) is 103 Å². The third-order valence-corrected chi connectivity index (χ3v) is 10.7. The molecule has 272 valence electrons. The lowest BCUT2D eigenvalue weighted by atomic mass is 9.91. The second kappa shape index (κ2) is 17.3. The number of hydrogen-bond donors (Lipinski definition) is 1. The maximum atomic E-state index is 14.9. The van der Waals surface area contributed by atoms with E-state index in [4.69, 9.17) is 14.2 Å². The van der Waals surface area contributed by atoms with Crippen molar-refractivity contribution in [2.45, 2.75) is 123 Å². The van der Waals surface area contributed by atoms with Crippen LogP contribution < -0.4 is 4.90 Å². The van der Waals surface area contributed by atoms with Crippen LogP contribution in [0.25, 0.3) is 6.08 Å². The van der Waals surface area contributed by atoms with Crippen LogP contribution in [0.4, 0.5) is 14.9 Å². The molecule has 0 radical (unpaired) electrons. The number of anilines is 1. The first-order chi connectivity index (χ1) is 23.4. The number of aliphatic hydroxyl groups is 1. The number of rotatable bonds is 5. The van der Waals surface area contributed by atoms with Crippen molar-refractivity contribution < 1.29 is 33.3 Å². The molecule has 0 aliphatic carbocycles. The molecule has 0 aromatic heterocycles. The standard InChI is InChI=1S/C39H58FN3O6/c1-26-9-11-35(44)23-37(45)49-38(28(3)19-31-20-32(40)22-34(21-31)43-24-29(4)47-30(5)25-43)27(2)10-12-36(26)48-39(46)42-17-13-33(14-18-42)41-15-7-6-8-16-41/h10,12,19-22,26-27,29-30,33,35-36,38,44H,6-9,11,13-18,23-25H2,1-5H3/b12-10+,28-19+/t26-,27-,29-,30+,35+,36-,38-/m0/s1. The van der Waals surface area contributed by atoms with Gasteiger partial charge in [-0.1, -0.05) is 32.4 Å². The maximum absolute atomic E-state index is 14.9. The van der Waals surface area contributed by atoms with Crippen molar-refractivity contribution in [1.82, 2.24) is 9.80 Å². The van der Waals surface area contributed by atoms with E-state index in [1.54, 1.807) is 6.07 Å². The van der Waals surface area contributed by atoms with E-state index >= 15 is 0 Å². The molecule has 7 atom stereocenters. The summed E-state index contributed by atoms with van der Waals surface area (Å²) in [6.07, 6.45) is 10.1. The fourth-order valence-corrected chi connectivity index (χ4v) is 7.93. The van der Waals surface area contributed by atoms with E-state index < -0.39 is 24.3 Å². The Hall–Kier alpha value is -2.95. The van der Waals surface area contributed by atoms with Gasteiger partial charge in [0.15, 0.2) is 0 Å². The lowest BCUT2D eigenvalue weighted by molar-refractivity contribution is -0.151. The summed E-state index contributed by atoms with van der Waals surface area (Å²) >= 11 is 0. The molecule has 3 saturated heterocycles. The van der Waals surface area contributed by atoms with Crippen molar-refractivity contribution in [3.05, 3.63) is 47.3 Å². The molecule has 0 bridgehead atoms. The first-order valence-electron chi connectivity index (χ1n) is 18.6. The zero-order valence-corrected chi connectivity index (χ0v) is 30.2. The molecule has 49 heavy (non-hydrogen) atoms. The molecule has 9 nitrogen and oxygen atoms in total. The minimum Gasteiger partial charge on any atom is -0.457 e. The average molecular weight is 684 g/mol. The van der Waals surface area contributed by atoms with Crippen LogP contribution in [0, 0.1) is 17.7 Å². The summed E-state index contributed by atoms with van der Waals surface area (Å²) in [5, 5.41) is 10.7. The van der Waals surface area contributed by atoms with E-state index in [2.05, 4.69) is 9.80 Å². The number of likely N-dealkylation sites (tertiary alicyclic amines) is 2. The first-order valence-corrected chi connectivity index (χ1v) is 18.6. The Labute approximate surface area is 292 Å². The number of benzene rings is 1. The summed E-state index contributed by atoms with van der Waals surface area (Å²) in [7, 11) is 0. The molecule has 1 amide bonds. The Balaban J connectivity index is 1.30. The van der Waals surface area contributed by atoms with Gasteiger partial charge >= 0.3 is 12.1 Å². The average Bonchev–Trinajstić information content (AvgIpc) is 3.07. The number of carbonyl (C=O) groups excluding carboxylic acids is 2. The monoisotopic (exact) mass is 683 g/mol. The number of ether oxygens (including phenoxy) is 3. The van der Waals surface area contributed by atoms with E-state index in [0.29, 0.717) is 50.6 Å². The minimum absolute atomic E-state index is 0.0360. The highest BCUT2D eigenvalue weighted by Gasteiger charge is 2.32. The molecule has 1 N–H and O–H groups in total. The minimum atomic E-state index is -0.868. The van der Waals surface area contributed by atoms with Gasteiger partial charge in [0.2, 0.25) is 0 Å². The summed E-state index contributed by atoms with van der Waals surface area (Å²) in [5.41, 5.74) is 2.19. The number of cyclic esters (lactones) is 1. The predicted octanol–water partition coefficient (Wildman–Crippen LogP) is 6.58. The van der Waals surface area contributed by atoms with Crippen molar-refractivity contribution in [2.75, 3.05) is 44.2 Å². The third kappa shape index (κ3) is 10.5. The van der Waals surface area contributed by atoms with Gasteiger partial charge in [-0.2, -0.15) is 0 Å².